The molecule has 0 saturated carbocycles. The Kier molecular flexibility index (Phi) is 7.92. The van der Waals surface area contributed by atoms with E-state index in [0.717, 1.165) is 36.8 Å². The molecule has 1 amide bonds. The number of nitrogens with one attached hydrogen (secondary N) is 1. The van der Waals surface area contributed by atoms with Crippen LogP contribution in [0, 0.1) is 0 Å². The molecule has 8 heteroatoms. The predicted molar refractivity (Wildman–Crippen MR) is 140 cm³/mol. The van der Waals surface area contributed by atoms with Crippen LogP contribution in [0.2, 0.25) is 0 Å². The molecule has 3 aromatic rings. The summed E-state index contributed by atoms with van der Waals surface area (Å²) in [4.78, 5) is 19.5. The van der Waals surface area contributed by atoms with Crippen LogP contribution in [-0.4, -0.2) is 40.1 Å². The van der Waals surface area contributed by atoms with Gasteiger partial charge in [-0.05, 0) is 62.4 Å². The Labute approximate surface area is 209 Å². The molecule has 1 aliphatic carbocycles. The molecule has 0 fully saturated rings. The number of rotatable bonds is 9. The smallest absolute Gasteiger partial charge is 0.259 e. The van der Waals surface area contributed by atoms with Crippen LogP contribution < -0.4 is 24.3 Å². The zero-order chi connectivity index (χ0) is 24.8. The Morgan fingerprint density at radius 2 is 1.77 bits per heavy atom. The molecule has 0 saturated heterocycles. The number of fused-ring (bicyclic) bond motifs is 1. The van der Waals surface area contributed by atoms with Gasteiger partial charge in [0.15, 0.2) is 11.5 Å². The molecule has 35 heavy (non-hydrogen) atoms. The number of hydrogen-bond acceptors (Lipinski definition) is 7. The maximum atomic E-state index is 13.5. The average molecular weight is 495 g/mol. The summed E-state index contributed by atoms with van der Waals surface area (Å²) >= 11 is 1.58. The third kappa shape index (κ3) is 5.12. The van der Waals surface area contributed by atoms with E-state index in [9.17, 15) is 4.79 Å². The Hall–Kier alpha value is -3.52. The summed E-state index contributed by atoms with van der Waals surface area (Å²) in [5.74, 6) is 2.06. The van der Waals surface area contributed by atoms with E-state index in [1.54, 1.807) is 44.9 Å². The molecule has 1 aromatic heterocycles. The van der Waals surface area contributed by atoms with Crippen molar-refractivity contribution in [3.63, 3.8) is 0 Å². The Morgan fingerprint density at radius 1 is 1.00 bits per heavy atom. The third-order valence-corrected chi connectivity index (χ3v) is 7.07. The van der Waals surface area contributed by atoms with Crippen LogP contribution in [0.25, 0.3) is 0 Å². The summed E-state index contributed by atoms with van der Waals surface area (Å²) < 4.78 is 22.1. The van der Waals surface area contributed by atoms with Crippen LogP contribution >= 0.6 is 11.3 Å². The lowest BCUT2D eigenvalue weighted by Crippen LogP contribution is -2.15. The van der Waals surface area contributed by atoms with Crippen molar-refractivity contribution in [1.82, 2.24) is 0 Å². The van der Waals surface area contributed by atoms with Crippen molar-refractivity contribution in [2.75, 3.05) is 33.3 Å². The Balaban J connectivity index is 1.72. The van der Waals surface area contributed by atoms with Gasteiger partial charge in [0.05, 0.1) is 39.2 Å². The van der Waals surface area contributed by atoms with Gasteiger partial charge in [0.25, 0.3) is 5.91 Å². The van der Waals surface area contributed by atoms with Crippen molar-refractivity contribution < 1.29 is 23.7 Å². The molecule has 7 nitrogen and oxygen atoms in total. The zero-order valence-electron chi connectivity index (χ0n) is 20.5. The van der Waals surface area contributed by atoms with Crippen molar-refractivity contribution in [3.05, 3.63) is 58.0 Å². The highest BCUT2D eigenvalue weighted by atomic mass is 32.1. The number of para-hydroxylation sites is 2. The lowest BCUT2D eigenvalue weighted by molar-refractivity contribution is 0.102. The number of amides is 1. The number of carbonyl (C=O) groups is 1. The number of aryl methyl sites for hydroxylation is 1. The molecule has 0 unspecified atom stereocenters. The summed E-state index contributed by atoms with van der Waals surface area (Å²) in [6.07, 6.45) is 5.73. The number of aliphatic imine (C=N–C) groups is 1. The standard InChI is InChI=1S/C27H30N2O5S/c1-5-34-20-12-8-7-11-19(20)29-26(30)23-18-10-6-9-13-22(18)35-27(23)28-16-17-14-15-21(31-2)25(33-4)24(17)32-3/h7-8,11-12,14-16H,5-6,9-10,13H2,1-4H3,(H,29,30)/b28-16+. The van der Waals surface area contributed by atoms with Crippen LogP contribution in [0.15, 0.2) is 41.4 Å². The minimum atomic E-state index is -0.178. The molecule has 1 N–H and O–H groups in total. The summed E-state index contributed by atoms with van der Waals surface area (Å²) in [6, 6.07) is 11.1. The lowest BCUT2D eigenvalue weighted by atomic mass is 9.95. The van der Waals surface area contributed by atoms with Gasteiger partial charge in [0.2, 0.25) is 5.75 Å². The molecule has 2 aromatic carbocycles. The van der Waals surface area contributed by atoms with E-state index < -0.39 is 0 Å². The van der Waals surface area contributed by atoms with Crippen LogP contribution in [0.4, 0.5) is 10.7 Å². The largest absolute Gasteiger partial charge is 0.493 e. The number of ether oxygens (including phenoxy) is 4. The second-order valence-electron chi connectivity index (χ2n) is 7.96. The molecule has 0 atom stereocenters. The monoisotopic (exact) mass is 494 g/mol. The topological polar surface area (TPSA) is 78.4 Å². The SMILES string of the molecule is CCOc1ccccc1NC(=O)c1c(/N=C/c2ccc(OC)c(OC)c2OC)sc2c1CCCC2. The molecule has 0 aliphatic heterocycles. The van der Waals surface area contributed by atoms with Gasteiger partial charge in [0.1, 0.15) is 10.8 Å². The average Bonchev–Trinajstić information content (AvgIpc) is 3.26. The van der Waals surface area contributed by atoms with E-state index in [-0.39, 0.29) is 5.91 Å². The van der Waals surface area contributed by atoms with Gasteiger partial charge in [0, 0.05) is 16.7 Å². The van der Waals surface area contributed by atoms with Gasteiger partial charge in [-0.2, -0.15) is 0 Å². The maximum absolute atomic E-state index is 13.5. The van der Waals surface area contributed by atoms with Gasteiger partial charge in [-0.1, -0.05) is 12.1 Å². The minimum Gasteiger partial charge on any atom is -0.493 e. The first-order valence-corrected chi connectivity index (χ1v) is 12.4. The van der Waals surface area contributed by atoms with Crippen LogP contribution in [0.5, 0.6) is 23.0 Å². The van der Waals surface area contributed by atoms with Gasteiger partial charge in [-0.15, -0.1) is 11.3 Å². The highest BCUT2D eigenvalue weighted by Gasteiger charge is 2.26. The fraction of sp³-hybridized carbons (Fsp3) is 0.333. The number of benzene rings is 2. The van der Waals surface area contributed by atoms with Crippen molar-refractivity contribution in [2.24, 2.45) is 4.99 Å². The number of carbonyl (C=O) groups excluding carboxylic acids is 1. The second-order valence-corrected chi connectivity index (χ2v) is 9.04. The second kappa shape index (κ2) is 11.3. The molecular weight excluding hydrogens is 464 g/mol. The number of thiophene rings is 1. The van der Waals surface area contributed by atoms with Crippen molar-refractivity contribution in [2.45, 2.75) is 32.6 Å². The van der Waals surface area contributed by atoms with E-state index in [1.807, 2.05) is 37.3 Å². The zero-order valence-corrected chi connectivity index (χ0v) is 21.3. The summed E-state index contributed by atoms with van der Waals surface area (Å²) in [7, 11) is 4.72. The summed E-state index contributed by atoms with van der Waals surface area (Å²) in [5.41, 5.74) is 3.10. The van der Waals surface area contributed by atoms with Gasteiger partial charge >= 0.3 is 0 Å². The molecule has 184 valence electrons. The van der Waals surface area contributed by atoms with Crippen LogP contribution in [0.3, 0.4) is 0 Å². The molecule has 1 heterocycles. The summed E-state index contributed by atoms with van der Waals surface area (Å²) in [5, 5.41) is 3.73. The van der Waals surface area contributed by atoms with Crippen LogP contribution in [0.1, 0.15) is 46.1 Å². The predicted octanol–water partition coefficient (Wildman–Crippen LogP) is 6.05. The molecule has 4 rings (SSSR count). The molecular formula is C27H30N2O5S. The number of hydrogen-bond donors (Lipinski definition) is 1. The molecule has 0 spiro atoms. The first kappa shape index (κ1) is 24.6. The van der Waals surface area contributed by atoms with Gasteiger partial charge in [-0.3, -0.25) is 4.79 Å². The number of nitrogens with zero attached hydrogens (tertiary/aromatic N) is 1. The molecule has 1 aliphatic rings. The molecule has 0 bridgehead atoms. The van der Waals surface area contributed by atoms with Crippen molar-refractivity contribution >= 4 is 34.1 Å². The van der Waals surface area contributed by atoms with Crippen molar-refractivity contribution in [3.8, 4) is 23.0 Å². The number of methoxy groups -OCH3 is 3. The quantitative estimate of drug-likeness (QED) is 0.366. The summed E-state index contributed by atoms with van der Waals surface area (Å²) in [6.45, 7) is 2.44. The van der Waals surface area contributed by atoms with Crippen molar-refractivity contribution in [1.29, 1.82) is 0 Å². The van der Waals surface area contributed by atoms with E-state index in [4.69, 9.17) is 23.9 Å². The first-order chi connectivity index (χ1) is 17.1. The fourth-order valence-electron chi connectivity index (χ4n) is 4.27. The normalized spacial score (nSPS) is 12.8. The minimum absolute atomic E-state index is 0.178. The Bertz CT molecular complexity index is 1230. The maximum Gasteiger partial charge on any atom is 0.259 e. The highest BCUT2D eigenvalue weighted by Crippen LogP contribution is 2.42. The van der Waals surface area contributed by atoms with E-state index in [0.29, 0.717) is 45.9 Å². The number of anilines is 1. The lowest BCUT2D eigenvalue weighted by Gasteiger charge is -2.14. The van der Waals surface area contributed by atoms with Gasteiger partial charge < -0.3 is 24.3 Å². The first-order valence-electron chi connectivity index (χ1n) is 11.6. The van der Waals surface area contributed by atoms with E-state index in [1.165, 1.54) is 4.88 Å². The van der Waals surface area contributed by atoms with Gasteiger partial charge in [-0.25, -0.2) is 4.99 Å². The Morgan fingerprint density at radius 3 is 2.51 bits per heavy atom. The molecule has 0 radical (unpaired) electrons. The third-order valence-electron chi connectivity index (χ3n) is 5.87. The highest BCUT2D eigenvalue weighted by molar-refractivity contribution is 7.16. The van der Waals surface area contributed by atoms with E-state index >= 15 is 0 Å². The van der Waals surface area contributed by atoms with Crippen LogP contribution in [-0.2, 0) is 12.8 Å². The fourth-order valence-corrected chi connectivity index (χ4v) is 5.50. The van der Waals surface area contributed by atoms with E-state index in [2.05, 4.69) is 5.32 Å².